The zero-order valence-corrected chi connectivity index (χ0v) is 8.96. The van der Waals surface area contributed by atoms with Gasteiger partial charge >= 0.3 is 0 Å². The standard InChI is InChI=1S/C12H16N2/c1-4-11-10-7-9(8(2)3)5-6-12(10)14-13-11/h5-8H,4H2,1-3H3,(H,13,14). The third-order valence-electron chi connectivity index (χ3n) is 2.68. The van der Waals surface area contributed by atoms with Gasteiger partial charge in [0.25, 0.3) is 0 Å². The summed E-state index contributed by atoms with van der Waals surface area (Å²) in [5, 5.41) is 8.62. The lowest BCUT2D eigenvalue weighted by molar-refractivity contribution is 0.868. The van der Waals surface area contributed by atoms with Crippen molar-refractivity contribution in [1.29, 1.82) is 0 Å². The molecule has 0 saturated heterocycles. The van der Waals surface area contributed by atoms with E-state index in [2.05, 4.69) is 49.2 Å². The van der Waals surface area contributed by atoms with Gasteiger partial charge in [-0.1, -0.05) is 26.8 Å². The first kappa shape index (κ1) is 9.25. The van der Waals surface area contributed by atoms with E-state index in [0.29, 0.717) is 5.92 Å². The fourth-order valence-corrected chi connectivity index (χ4v) is 1.71. The Morgan fingerprint density at radius 2 is 2.14 bits per heavy atom. The van der Waals surface area contributed by atoms with Gasteiger partial charge in [0, 0.05) is 11.1 Å². The molecule has 2 rings (SSSR count). The summed E-state index contributed by atoms with van der Waals surface area (Å²) in [6, 6.07) is 6.51. The predicted molar refractivity (Wildman–Crippen MR) is 59.6 cm³/mol. The van der Waals surface area contributed by atoms with Crippen molar-refractivity contribution in [2.75, 3.05) is 0 Å². The second-order valence-corrected chi connectivity index (χ2v) is 3.99. The molecule has 1 aromatic carbocycles. The van der Waals surface area contributed by atoms with Gasteiger partial charge in [-0.15, -0.1) is 0 Å². The Morgan fingerprint density at radius 3 is 2.79 bits per heavy atom. The number of aryl methyl sites for hydroxylation is 1. The first-order valence-corrected chi connectivity index (χ1v) is 5.19. The quantitative estimate of drug-likeness (QED) is 0.770. The molecule has 0 aliphatic rings. The van der Waals surface area contributed by atoms with Crippen LogP contribution in [0.25, 0.3) is 10.9 Å². The third-order valence-corrected chi connectivity index (χ3v) is 2.68. The fraction of sp³-hybridized carbons (Fsp3) is 0.417. The minimum atomic E-state index is 0.582. The molecule has 2 nitrogen and oxygen atoms in total. The molecule has 2 aromatic rings. The number of fused-ring (bicyclic) bond motifs is 1. The summed E-state index contributed by atoms with van der Waals surface area (Å²) in [7, 11) is 0. The first-order valence-electron chi connectivity index (χ1n) is 5.19. The van der Waals surface area contributed by atoms with Crippen LogP contribution in [0.1, 0.15) is 37.9 Å². The second-order valence-electron chi connectivity index (χ2n) is 3.99. The van der Waals surface area contributed by atoms with E-state index in [4.69, 9.17) is 0 Å². The van der Waals surface area contributed by atoms with E-state index in [-0.39, 0.29) is 0 Å². The molecule has 1 heterocycles. The van der Waals surface area contributed by atoms with Gasteiger partial charge in [-0.05, 0) is 30.0 Å². The minimum Gasteiger partial charge on any atom is -0.281 e. The highest BCUT2D eigenvalue weighted by Gasteiger charge is 2.05. The van der Waals surface area contributed by atoms with Crippen LogP contribution in [0.2, 0.25) is 0 Å². The van der Waals surface area contributed by atoms with E-state index in [0.717, 1.165) is 11.9 Å². The molecule has 0 aliphatic carbocycles. The Bertz CT molecular complexity index is 441. The van der Waals surface area contributed by atoms with Gasteiger partial charge in [-0.25, -0.2) is 0 Å². The van der Waals surface area contributed by atoms with E-state index in [9.17, 15) is 0 Å². The predicted octanol–water partition coefficient (Wildman–Crippen LogP) is 3.25. The molecule has 1 N–H and O–H groups in total. The van der Waals surface area contributed by atoms with Crippen LogP contribution in [0.5, 0.6) is 0 Å². The summed E-state index contributed by atoms with van der Waals surface area (Å²) >= 11 is 0. The van der Waals surface area contributed by atoms with Gasteiger partial charge in [0.2, 0.25) is 0 Å². The monoisotopic (exact) mass is 188 g/mol. The molecule has 0 atom stereocenters. The summed E-state index contributed by atoms with van der Waals surface area (Å²) in [5.41, 5.74) is 3.70. The largest absolute Gasteiger partial charge is 0.281 e. The molecule has 2 heteroatoms. The van der Waals surface area contributed by atoms with Crippen LogP contribution >= 0.6 is 0 Å². The molecule has 1 aromatic heterocycles. The maximum absolute atomic E-state index is 4.26. The maximum atomic E-state index is 4.26. The topological polar surface area (TPSA) is 28.7 Å². The van der Waals surface area contributed by atoms with Gasteiger partial charge in [0.05, 0.1) is 5.52 Å². The molecule has 0 bridgehead atoms. The molecule has 0 amide bonds. The van der Waals surface area contributed by atoms with Crippen LogP contribution in [0.3, 0.4) is 0 Å². The molecule has 0 spiro atoms. The number of aromatic amines is 1. The lowest BCUT2D eigenvalue weighted by atomic mass is 10.0. The molecular formula is C12H16N2. The van der Waals surface area contributed by atoms with Crippen LogP contribution < -0.4 is 0 Å². The zero-order chi connectivity index (χ0) is 10.1. The van der Waals surface area contributed by atoms with Crippen molar-refractivity contribution in [2.45, 2.75) is 33.1 Å². The van der Waals surface area contributed by atoms with Crippen LogP contribution in [-0.4, -0.2) is 10.2 Å². The number of H-pyrrole nitrogens is 1. The Hall–Kier alpha value is -1.31. The molecule has 0 unspecified atom stereocenters. The summed E-state index contributed by atoms with van der Waals surface area (Å²) in [5.74, 6) is 0.582. The molecule has 14 heavy (non-hydrogen) atoms. The van der Waals surface area contributed by atoms with Crippen molar-refractivity contribution in [3.8, 4) is 0 Å². The highest BCUT2D eigenvalue weighted by molar-refractivity contribution is 5.82. The molecule has 0 aliphatic heterocycles. The van der Waals surface area contributed by atoms with Crippen molar-refractivity contribution in [1.82, 2.24) is 10.2 Å². The average Bonchev–Trinajstić information content (AvgIpc) is 2.59. The molecule has 0 radical (unpaired) electrons. The van der Waals surface area contributed by atoms with Crippen molar-refractivity contribution < 1.29 is 0 Å². The second kappa shape index (κ2) is 3.45. The van der Waals surface area contributed by atoms with Crippen molar-refractivity contribution in [3.05, 3.63) is 29.5 Å². The Balaban J connectivity index is 2.61. The maximum Gasteiger partial charge on any atom is 0.0923 e. The minimum absolute atomic E-state index is 0.582. The summed E-state index contributed by atoms with van der Waals surface area (Å²) in [6.45, 7) is 6.58. The number of benzene rings is 1. The summed E-state index contributed by atoms with van der Waals surface area (Å²) in [6.07, 6.45) is 1.01. The van der Waals surface area contributed by atoms with Gasteiger partial charge in [0.1, 0.15) is 0 Å². The lowest BCUT2D eigenvalue weighted by Crippen LogP contribution is -1.87. The number of hydrogen-bond acceptors (Lipinski definition) is 1. The van der Waals surface area contributed by atoms with Gasteiger partial charge in [-0.3, -0.25) is 5.10 Å². The lowest BCUT2D eigenvalue weighted by Gasteiger charge is -2.04. The molecule has 0 fully saturated rings. The Morgan fingerprint density at radius 1 is 1.36 bits per heavy atom. The smallest absolute Gasteiger partial charge is 0.0923 e. The summed E-state index contributed by atoms with van der Waals surface area (Å²) < 4.78 is 0. The highest BCUT2D eigenvalue weighted by atomic mass is 15.1. The fourth-order valence-electron chi connectivity index (χ4n) is 1.71. The van der Waals surface area contributed by atoms with Crippen LogP contribution in [0.15, 0.2) is 18.2 Å². The van der Waals surface area contributed by atoms with Crippen molar-refractivity contribution in [3.63, 3.8) is 0 Å². The van der Waals surface area contributed by atoms with E-state index in [1.54, 1.807) is 0 Å². The third kappa shape index (κ3) is 1.41. The number of nitrogens with zero attached hydrogens (tertiary/aromatic N) is 1. The van der Waals surface area contributed by atoms with Crippen LogP contribution in [0.4, 0.5) is 0 Å². The zero-order valence-electron chi connectivity index (χ0n) is 8.96. The number of rotatable bonds is 2. The first-order chi connectivity index (χ1) is 6.72. The normalized spacial score (nSPS) is 11.4. The van der Waals surface area contributed by atoms with Gasteiger partial charge in [-0.2, -0.15) is 5.10 Å². The van der Waals surface area contributed by atoms with E-state index in [1.807, 2.05) is 0 Å². The van der Waals surface area contributed by atoms with E-state index in [1.165, 1.54) is 16.6 Å². The number of nitrogens with one attached hydrogen (secondary N) is 1. The molecule has 74 valence electrons. The summed E-state index contributed by atoms with van der Waals surface area (Å²) in [4.78, 5) is 0. The van der Waals surface area contributed by atoms with Crippen LogP contribution in [-0.2, 0) is 6.42 Å². The van der Waals surface area contributed by atoms with E-state index >= 15 is 0 Å². The Kier molecular flexibility index (Phi) is 2.28. The van der Waals surface area contributed by atoms with Crippen molar-refractivity contribution >= 4 is 10.9 Å². The number of hydrogen-bond donors (Lipinski definition) is 1. The molecular weight excluding hydrogens is 172 g/mol. The van der Waals surface area contributed by atoms with Crippen molar-refractivity contribution in [2.24, 2.45) is 0 Å². The van der Waals surface area contributed by atoms with Crippen LogP contribution in [0, 0.1) is 0 Å². The average molecular weight is 188 g/mol. The highest BCUT2D eigenvalue weighted by Crippen LogP contribution is 2.22. The SMILES string of the molecule is CCc1[nH]nc2ccc(C(C)C)cc12. The Labute approximate surface area is 84.3 Å². The number of aromatic nitrogens is 2. The molecule has 0 saturated carbocycles. The van der Waals surface area contributed by atoms with Gasteiger partial charge in [0.15, 0.2) is 0 Å². The van der Waals surface area contributed by atoms with Gasteiger partial charge < -0.3 is 0 Å². The van der Waals surface area contributed by atoms with E-state index < -0.39 is 0 Å².